The number of amides is 1. The number of anilines is 1. The second-order valence-electron chi connectivity index (χ2n) is 4.35. The number of halogens is 1. The van der Waals surface area contributed by atoms with Crippen molar-refractivity contribution in [1.29, 1.82) is 0 Å². The Balaban J connectivity index is 1.78. The molecule has 0 spiro atoms. The van der Waals surface area contributed by atoms with Crippen molar-refractivity contribution >= 4 is 17.9 Å². The van der Waals surface area contributed by atoms with E-state index in [9.17, 15) is 18.8 Å². The van der Waals surface area contributed by atoms with Gasteiger partial charge in [0, 0.05) is 18.5 Å². The van der Waals surface area contributed by atoms with Crippen LogP contribution in [-0.2, 0) is 4.79 Å². The van der Waals surface area contributed by atoms with Crippen molar-refractivity contribution in [3.05, 3.63) is 56.5 Å². The fraction of sp³-hybridized carbons (Fsp3) is 0.154. The molecular weight excluding hydrogens is 307 g/mol. The number of benzene rings is 1. The first-order chi connectivity index (χ1) is 11.1. The Morgan fingerprint density at radius 2 is 2.13 bits per heavy atom. The zero-order chi connectivity index (χ0) is 16.7. The lowest BCUT2D eigenvalue weighted by Crippen LogP contribution is -2.28. The van der Waals surface area contributed by atoms with Crippen LogP contribution in [0.2, 0.25) is 0 Å². The lowest BCUT2D eigenvalue weighted by molar-refractivity contribution is -0.120. The number of nitrogens with one attached hydrogen (secondary N) is 4. The summed E-state index contributed by atoms with van der Waals surface area (Å²) in [4.78, 5) is 35.6. The summed E-state index contributed by atoms with van der Waals surface area (Å²) >= 11 is 0. The second kappa shape index (κ2) is 7.64. The van der Waals surface area contributed by atoms with Gasteiger partial charge < -0.3 is 5.32 Å². The SMILES string of the molecule is O=C(CCNc1n[nH]c(=O)[nH]c1=O)N/N=C\c1ccccc1F. The molecule has 10 heteroatoms. The summed E-state index contributed by atoms with van der Waals surface area (Å²) in [5.41, 5.74) is 1.06. The van der Waals surface area contributed by atoms with Gasteiger partial charge >= 0.3 is 5.69 Å². The number of nitrogens with zero attached hydrogens (tertiary/aromatic N) is 2. The molecule has 1 heterocycles. The van der Waals surface area contributed by atoms with Gasteiger partial charge in [-0.2, -0.15) is 5.10 Å². The van der Waals surface area contributed by atoms with Crippen molar-refractivity contribution in [2.45, 2.75) is 6.42 Å². The first-order valence-electron chi connectivity index (χ1n) is 6.55. The minimum absolute atomic E-state index is 0.00510. The van der Waals surface area contributed by atoms with E-state index in [0.717, 1.165) is 0 Å². The molecular formula is C13H13FN6O3. The zero-order valence-corrected chi connectivity index (χ0v) is 11.8. The smallest absolute Gasteiger partial charge is 0.342 e. The van der Waals surface area contributed by atoms with E-state index < -0.39 is 23.0 Å². The molecule has 2 aromatic rings. The fourth-order valence-corrected chi connectivity index (χ4v) is 1.57. The Kier molecular flexibility index (Phi) is 5.34. The molecule has 1 aromatic carbocycles. The topological polar surface area (TPSA) is 132 Å². The number of carbonyl (C=O) groups is 1. The monoisotopic (exact) mass is 320 g/mol. The molecule has 0 bridgehead atoms. The molecule has 0 unspecified atom stereocenters. The van der Waals surface area contributed by atoms with E-state index in [1.54, 1.807) is 12.1 Å². The third kappa shape index (κ3) is 4.88. The van der Waals surface area contributed by atoms with E-state index in [4.69, 9.17) is 0 Å². The average Bonchev–Trinajstić information content (AvgIpc) is 2.51. The average molecular weight is 320 g/mol. The lowest BCUT2D eigenvalue weighted by atomic mass is 10.2. The van der Waals surface area contributed by atoms with Gasteiger partial charge in [-0.1, -0.05) is 18.2 Å². The van der Waals surface area contributed by atoms with Crippen LogP contribution >= 0.6 is 0 Å². The molecule has 0 aliphatic rings. The van der Waals surface area contributed by atoms with Gasteiger partial charge in [-0.15, -0.1) is 5.10 Å². The molecule has 9 nitrogen and oxygen atoms in total. The van der Waals surface area contributed by atoms with Crippen molar-refractivity contribution in [2.75, 3.05) is 11.9 Å². The highest BCUT2D eigenvalue weighted by atomic mass is 19.1. The normalized spacial score (nSPS) is 10.7. The Morgan fingerprint density at radius 3 is 2.87 bits per heavy atom. The van der Waals surface area contributed by atoms with Crippen molar-refractivity contribution in [1.82, 2.24) is 20.6 Å². The molecule has 0 fully saturated rings. The molecule has 0 saturated heterocycles. The molecule has 23 heavy (non-hydrogen) atoms. The third-order valence-corrected chi connectivity index (χ3v) is 2.65. The van der Waals surface area contributed by atoms with Crippen LogP contribution in [0.1, 0.15) is 12.0 Å². The largest absolute Gasteiger partial charge is 0.364 e. The van der Waals surface area contributed by atoms with E-state index in [-0.39, 0.29) is 24.3 Å². The quantitative estimate of drug-likeness (QED) is 0.423. The molecule has 0 aliphatic heterocycles. The van der Waals surface area contributed by atoms with Crippen LogP contribution in [0.5, 0.6) is 0 Å². The van der Waals surface area contributed by atoms with Gasteiger partial charge in [0.2, 0.25) is 11.7 Å². The van der Waals surface area contributed by atoms with Crippen LogP contribution in [0.3, 0.4) is 0 Å². The zero-order valence-electron chi connectivity index (χ0n) is 11.8. The second-order valence-corrected chi connectivity index (χ2v) is 4.35. The van der Waals surface area contributed by atoms with Crippen LogP contribution < -0.4 is 22.0 Å². The van der Waals surface area contributed by atoms with E-state index >= 15 is 0 Å². The summed E-state index contributed by atoms with van der Waals surface area (Å²) in [6.07, 6.45) is 1.18. The summed E-state index contributed by atoms with van der Waals surface area (Å²) < 4.78 is 13.3. The standard InChI is InChI=1S/C13H13FN6O3/c14-9-4-2-1-3-8(9)7-16-18-10(21)5-6-15-11-12(22)17-13(23)20-19-11/h1-4,7H,5-6H2,(H,15,19)(H,18,21)(H2,17,20,22,23)/b16-7-. The maximum absolute atomic E-state index is 13.3. The van der Waals surface area contributed by atoms with Gasteiger partial charge in [0.1, 0.15) is 5.82 Å². The molecule has 0 saturated carbocycles. The predicted molar refractivity (Wildman–Crippen MR) is 80.7 cm³/mol. The molecule has 120 valence electrons. The van der Waals surface area contributed by atoms with Crippen LogP contribution in [0.4, 0.5) is 10.2 Å². The lowest BCUT2D eigenvalue weighted by Gasteiger charge is -2.02. The predicted octanol–water partition coefficient (Wildman–Crippen LogP) is -0.450. The first-order valence-corrected chi connectivity index (χ1v) is 6.55. The van der Waals surface area contributed by atoms with Gasteiger partial charge in [0.25, 0.3) is 5.56 Å². The van der Waals surface area contributed by atoms with Gasteiger partial charge in [-0.25, -0.2) is 19.7 Å². The number of H-pyrrole nitrogens is 2. The number of aromatic amines is 2. The van der Waals surface area contributed by atoms with E-state index in [2.05, 4.69) is 26.0 Å². The summed E-state index contributed by atoms with van der Waals surface area (Å²) in [7, 11) is 0. The number of rotatable bonds is 6. The maximum atomic E-state index is 13.3. The number of carbonyl (C=O) groups excluding carboxylic acids is 1. The Hall–Kier alpha value is -3.30. The summed E-state index contributed by atoms with van der Waals surface area (Å²) in [5.74, 6) is -0.992. The van der Waals surface area contributed by atoms with Gasteiger partial charge in [-0.05, 0) is 6.07 Å². The molecule has 2 rings (SSSR count). The van der Waals surface area contributed by atoms with Gasteiger partial charge in [-0.3, -0.25) is 14.6 Å². The maximum Gasteiger partial charge on any atom is 0.342 e. The van der Waals surface area contributed by atoms with Crippen molar-refractivity contribution < 1.29 is 9.18 Å². The Bertz CT molecular complexity index is 829. The highest BCUT2D eigenvalue weighted by Crippen LogP contribution is 2.02. The highest BCUT2D eigenvalue weighted by Gasteiger charge is 2.04. The van der Waals surface area contributed by atoms with Crippen LogP contribution in [0, 0.1) is 5.82 Å². The van der Waals surface area contributed by atoms with Crippen molar-refractivity contribution in [3.8, 4) is 0 Å². The Labute approximate surface area is 128 Å². The molecule has 1 aromatic heterocycles. The molecule has 0 atom stereocenters. The van der Waals surface area contributed by atoms with E-state index in [1.807, 2.05) is 4.98 Å². The number of hydrazone groups is 1. The first kappa shape index (κ1) is 16.1. The van der Waals surface area contributed by atoms with E-state index in [1.165, 1.54) is 18.3 Å². The van der Waals surface area contributed by atoms with Crippen LogP contribution in [-0.4, -0.2) is 33.8 Å². The molecule has 4 N–H and O–H groups in total. The molecule has 0 aliphatic carbocycles. The minimum Gasteiger partial charge on any atom is -0.364 e. The van der Waals surface area contributed by atoms with Crippen molar-refractivity contribution in [2.24, 2.45) is 5.10 Å². The van der Waals surface area contributed by atoms with Crippen LogP contribution in [0.15, 0.2) is 39.0 Å². The van der Waals surface area contributed by atoms with E-state index in [0.29, 0.717) is 0 Å². The summed E-state index contributed by atoms with van der Waals surface area (Å²) in [6, 6.07) is 5.98. The number of hydrogen-bond donors (Lipinski definition) is 4. The minimum atomic E-state index is -0.722. The van der Waals surface area contributed by atoms with Crippen LogP contribution in [0.25, 0.3) is 0 Å². The summed E-state index contributed by atoms with van der Waals surface area (Å²) in [5, 5.41) is 11.8. The fourth-order valence-electron chi connectivity index (χ4n) is 1.57. The highest BCUT2D eigenvalue weighted by molar-refractivity contribution is 5.82. The third-order valence-electron chi connectivity index (χ3n) is 2.65. The number of hydrogen-bond acceptors (Lipinski definition) is 6. The van der Waals surface area contributed by atoms with Crippen molar-refractivity contribution in [3.63, 3.8) is 0 Å². The molecule has 0 radical (unpaired) electrons. The van der Waals surface area contributed by atoms with Gasteiger partial charge in [0.15, 0.2) is 0 Å². The Morgan fingerprint density at radius 1 is 1.35 bits per heavy atom. The van der Waals surface area contributed by atoms with Gasteiger partial charge in [0.05, 0.1) is 6.21 Å². The summed E-state index contributed by atoms with van der Waals surface area (Å²) in [6.45, 7) is 0.100. The number of aromatic nitrogens is 3. The molecule has 1 amide bonds.